The molecule has 8 atom stereocenters. The molecule has 4 aliphatic rings. The summed E-state index contributed by atoms with van der Waals surface area (Å²) in [5.74, 6) is 3.13. The minimum atomic E-state index is -0.148. The van der Waals surface area contributed by atoms with Crippen molar-refractivity contribution in [3.8, 4) is 0 Å². The molecule has 174 valence electrons. The van der Waals surface area contributed by atoms with Crippen molar-refractivity contribution >= 4 is 11.9 Å². The van der Waals surface area contributed by atoms with Gasteiger partial charge in [0.05, 0.1) is 6.61 Å². The van der Waals surface area contributed by atoms with E-state index in [1.807, 2.05) is 6.92 Å². The highest BCUT2D eigenvalue weighted by Crippen LogP contribution is 2.67. The van der Waals surface area contributed by atoms with Crippen LogP contribution in [0.5, 0.6) is 0 Å². The molecule has 4 aliphatic carbocycles. The van der Waals surface area contributed by atoms with Crippen molar-refractivity contribution in [1.29, 1.82) is 0 Å². The van der Waals surface area contributed by atoms with Crippen LogP contribution >= 0.6 is 0 Å². The topological polar surface area (TPSA) is 52.6 Å². The van der Waals surface area contributed by atoms with Gasteiger partial charge in [-0.25, -0.2) is 0 Å². The first-order chi connectivity index (χ1) is 14.7. The highest BCUT2D eigenvalue weighted by Gasteiger charge is 2.59. The largest absolute Gasteiger partial charge is 0.466 e. The van der Waals surface area contributed by atoms with Crippen molar-refractivity contribution in [2.24, 2.45) is 40.4 Å². The van der Waals surface area contributed by atoms with E-state index in [2.05, 4.69) is 26.8 Å². The van der Waals surface area contributed by atoms with E-state index in [1.54, 1.807) is 5.57 Å². The molecule has 3 fully saturated rings. The lowest BCUT2D eigenvalue weighted by molar-refractivity contribution is -0.149. The number of rotatable bonds is 5. The predicted octanol–water partition coefficient (Wildman–Crippen LogP) is 6.09. The quantitative estimate of drug-likeness (QED) is 0.391. The number of allylic oxidation sites excluding steroid dienone is 1. The summed E-state index contributed by atoms with van der Waals surface area (Å²) in [7, 11) is 0. The van der Waals surface area contributed by atoms with Crippen LogP contribution in [0, 0.1) is 40.4 Å². The van der Waals surface area contributed by atoms with Crippen molar-refractivity contribution in [1.82, 2.24) is 0 Å². The number of hydrogen-bond donors (Lipinski definition) is 0. The molecule has 0 radical (unpaired) electrons. The summed E-state index contributed by atoms with van der Waals surface area (Å²) in [4.78, 5) is 23.6. The van der Waals surface area contributed by atoms with Crippen LogP contribution in [-0.2, 0) is 19.1 Å². The molecule has 4 heteroatoms. The second kappa shape index (κ2) is 8.56. The zero-order valence-corrected chi connectivity index (χ0v) is 20.2. The zero-order valence-electron chi connectivity index (χ0n) is 20.2. The van der Waals surface area contributed by atoms with Crippen molar-refractivity contribution < 1.29 is 19.1 Å². The molecule has 0 aromatic carbocycles. The lowest BCUT2D eigenvalue weighted by atomic mass is 9.47. The summed E-state index contributed by atoms with van der Waals surface area (Å²) in [6, 6.07) is 0. The Morgan fingerprint density at radius 2 is 1.90 bits per heavy atom. The molecule has 0 amide bonds. The third-order valence-corrected chi connectivity index (χ3v) is 9.95. The van der Waals surface area contributed by atoms with Crippen LogP contribution in [0.2, 0.25) is 0 Å². The van der Waals surface area contributed by atoms with Gasteiger partial charge in [-0.3, -0.25) is 9.59 Å². The second-order valence-corrected chi connectivity index (χ2v) is 11.4. The first-order valence-electron chi connectivity index (χ1n) is 12.7. The third-order valence-electron chi connectivity index (χ3n) is 9.95. The van der Waals surface area contributed by atoms with Crippen LogP contribution in [0.15, 0.2) is 11.6 Å². The number of esters is 2. The van der Waals surface area contributed by atoms with Crippen LogP contribution in [0.1, 0.15) is 92.4 Å². The van der Waals surface area contributed by atoms with Crippen molar-refractivity contribution in [2.45, 2.75) is 98.5 Å². The van der Waals surface area contributed by atoms with E-state index in [-0.39, 0.29) is 23.5 Å². The lowest BCUT2D eigenvalue weighted by Crippen LogP contribution is -2.51. The molecule has 0 spiro atoms. The standard InChI is InChI=1S/C27H42O4/c1-6-30-25(29)15-17(2)22-9-10-23-21-8-7-19-16-20(31-18(3)28)11-13-26(19,4)24(21)12-14-27(22,23)5/h7,17,20-24H,6,8-16H2,1-5H3/t17-,20-,21+,22-,23-,24+,26-,27+/m0/s1. The number of carbonyl (C=O) groups excluding carboxylic acids is 2. The van der Waals surface area contributed by atoms with Gasteiger partial charge in [0, 0.05) is 19.8 Å². The summed E-state index contributed by atoms with van der Waals surface area (Å²) < 4.78 is 10.8. The molecule has 0 aromatic rings. The van der Waals surface area contributed by atoms with Gasteiger partial charge in [0.1, 0.15) is 6.10 Å². The molecule has 0 unspecified atom stereocenters. The van der Waals surface area contributed by atoms with Gasteiger partial charge in [0.15, 0.2) is 0 Å². The van der Waals surface area contributed by atoms with E-state index in [0.29, 0.717) is 30.3 Å². The highest BCUT2D eigenvalue weighted by molar-refractivity contribution is 5.69. The maximum Gasteiger partial charge on any atom is 0.306 e. The van der Waals surface area contributed by atoms with E-state index in [0.717, 1.165) is 37.0 Å². The molecule has 0 aliphatic heterocycles. The maximum atomic E-state index is 12.1. The lowest BCUT2D eigenvalue weighted by Gasteiger charge is -2.58. The smallest absolute Gasteiger partial charge is 0.306 e. The molecule has 0 bridgehead atoms. The van der Waals surface area contributed by atoms with Crippen LogP contribution in [0.4, 0.5) is 0 Å². The van der Waals surface area contributed by atoms with Gasteiger partial charge in [-0.1, -0.05) is 32.4 Å². The fourth-order valence-electron chi connectivity index (χ4n) is 8.56. The minimum absolute atomic E-state index is 0.0296. The molecule has 31 heavy (non-hydrogen) atoms. The number of carbonyl (C=O) groups is 2. The number of hydrogen-bond acceptors (Lipinski definition) is 4. The monoisotopic (exact) mass is 430 g/mol. The summed E-state index contributed by atoms with van der Waals surface area (Å²) in [5, 5.41) is 0. The Labute approximate surface area is 188 Å². The fraction of sp³-hybridized carbons (Fsp3) is 0.852. The first-order valence-corrected chi connectivity index (χ1v) is 12.7. The number of ether oxygens (including phenoxy) is 2. The maximum absolute atomic E-state index is 12.1. The predicted molar refractivity (Wildman–Crippen MR) is 121 cm³/mol. The summed E-state index contributed by atoms with van der Waals surface area (Å²) in [6.45, 7) is 11.2. The van der Waals surface area contributed by atoms with Gasteiger partial charge in [-0.05, 0) is 92.3 Å². The normalized spacial score (nSPS) is 42.5. The fourth-order valence-corrected chi connectivity index (χ4v) is 8.56. The Morgan fingerprint density at radius 1 is 1.13 bits per heavy atom. The molecule has 0 saturated heterocycles. The molecule has 0 aromatic heterocycles. The van der Waals surface area contributed by atoms with Gasteiger partial charge in [0.25, 0.3) is 0 Å². The SMILES string of the molecule is CCOC(=O)C[C@H](C)[C@@H]1CC[C@H]2[C@H]3CC=C4C[C@@H](OC(C)=O)CC[C@]4(C)[C@@H]3CC[C@@]21C. The Bertz CT molecular complexity index is 742. The van der Waals surface area contributed by atoms with Crippen LogP contribution in [-0.4, -0.2) is 24.6 Å². The molecule has 4 nitrogen and oxygen atoms in total. The molecule has 0 heterocycles. The van der Waals surface area contributed by atoms with Gasteiger partial charge in [-0.2, -0.15) is 0 Å². The average Bonchev–Trinajstić information content (AvgIpc) is 3.05. The summed E-state index contributed by atoms with van der Waals surface area (Å²) in [6.07, 6.45) is 12.6. The third kappa shape index (κ3) is 3.97. The summed E-state index contributed by atoms with van der Waals surface area (Å²) in [5.41, 5.74) is 2.18. The van der Waals surface area contributed by atoms with Crippen molar-refractivity contribution in [3.63, 3.8) is 0 Å². The Morgan fingerprint density at radius 3 is 2.61 bits per heavy atom. The van der Waals surface area contributed by atoms with E-state index in [4.69, 9.17) is 9.47 Å². The average molecular weight is 431 g/mol. The zero-order chi connectivity index (χ0) is 22.4. The Kier molecular flexibility index (Phi) is 6.31. The molecule has 3 saturated carbocycles. The van der Waals surface area contributed by atoms with E-state index in [1.165, 1.54) is 39.0 Å². The molecular formula is C27H42O4. The minimum Gasteiger partial charge on any atom is -0.466 e. The van der Waals surface area contributed by atoms with Gasteiger partial charge >= 0.3 is 11.9 Å². The van der Waals surface area contributed by atoms with E-state index in [9.17, 15) is 9.59 Å². The highest BCUT2D eigenvalue weighted by atomic mass is 16.5. The van der Waals surface area contributed by atoms with E-state index >= 15 is 0 Å². The first kappa shape index (κ1) is 22.9. The molecular weight excluding hydrogens is 388 g/mol. The Balaban J connectivity index is 1.50. The Hall–Kier alpha value is -1.32. The van der Waals surface area contributed by atoms with Gasteiger partial charge in [0.2, 0.25) is 0 Å². The van der Waals surface area contributed by atoms with E-state index < -0.39 is 0 Å². The summed E-state index contributed by atoms with van der Waals surface area (Å²) >= 11 is 0. The van der Waals surface area contributed by atoms with Crippen LogP contribution in [0.3, 0.4) is 0 Å². The van der Waals surface area contributed by atoms with Gasteiger partial charge < -0.3 is 9.47 Å². The van der Waals surface area contributed by atoms with Crippen LogP contribution in [0.25, 0.3) is 0 Å². The van der Waals surface area contributed by atoms with Crippen molar-refractivity contribution in [3.05, 3.63) is 11.6 Å². The molecule has 4 rings (SSSR count). The number of fused-ring (bicyclic) bond motifs is 5. The molecule has 0 N–H and O–H groups in total. The van der Waals surface area contributed by atoms with Crippen LogP contribution < -0.4 is 0 Å². The van der Waals surface area contributed by atoms with Crippen molar-refractivity contribution in [2.75, 3.05) is 6.61 Å². The second-order valence-electron chi connectivity index (χ2n) is 11.4. The van der Waals surface area contributed by atoms with Gasteiger partial charge in [-0.15, -0.1) is 0 Å².